The molecule has 0 aromatic carbocycles. The number of rotatable bonds is 4. The topological polar surface area (TPSA) is 60.5 Å². The number of carbonyl (C=O) groups is 1. The summed E-state index contributed by atoms with van der Waals surface area (Å²) in [4.78, 5) is 15.6. The first-order chi connectivity index (χ1) is 10.6. The summed E-state index contributed by atoms with van der Waals surface area (Å²) in [5.41, 5.74) is 1.94. The fraction of sp³-hybridized carbons (Fsp3) is 0.529. The SMILES string of the molecule is CC(=O)NCC(=Cc1cc(C)ccn1)B1OC(C)(C)C(C)(C)O1. The van der Waals surface area contributed by atoms with Crippen LogP contribution in [0.1, 0.15) is 45.9 Å². The van der Waals surface area contributed by atoms with Gasteiger partial charge in [0.25, 0.3) is 0 Å². The molecule has 0 radical (unpaired) electrons. The zero-order valence-corrected chi connectivity index (χ0v) is 14.8. The molecule has 1 N–H and O–H groups in total. The molecule has 1 saturated heterocycles. The Morgan fingerprint density at radius 2 is 1.91 bits per heavy atom. The minimum Gasteiger partial charge on any atom is -0.400 e. The van der Waals surface area contributed by atoms with Crippen molar-refractivity contribution in [3.8, 4) is 0 Å². The molecule has 0 bridgehead atoms. The van der Waals surface area contributed by atoms with Gasteiger partial charge in [-0.2, -0.15) is 0 Å². The van der Waals surface area contributed by atoms with Crippen LogP contribution in [0.5, 0.6) is 0 Å². The number of hydrogen-bond donors (Lipinski definition) is 1. The summed E-state index contributed by atoms with van der Waals surface area (Å²) in [5.74, 6) is -0.0929. The molecule has 0 unspecified atom stereocenters. The second kappa shape index (κ2) is 6.45. The van der Waals surface area contributed by atoms with E-state index >= 15 is 0 Å². The molecule has 6 heteroatoms. The first-order valence-electron chi connectivity index (χ1n) is 7.84. The normalized spacial score (nSPS) is 19.7. The predicted octanol–water partition coefficient (Wildman–Crippen LogP) is 2.54. The maximum atomic E-state index is 11.3. The molecule has 5 nitrogen and oxygen atoms in total. The monoisotopic (exact) mass is 316 g/mol. The van der Waals surface area contributed by atoms with E-state index in [1.165, 1.54) is 6.92 Å². The van der Waals surface area contributed by atoms with Gasteiger partial charge < -0.3 is 14.6 Å². The highest BCUT2D eigenvalue weighted by atomic mass is 16.7. The van der Waals surface area contributed by atoms with Crippen LogP contribution in [0, 0.1) is 6.92 Å². The highest BCUT2D eigenvalue weighted by Crippen LogP contribution is 2.38. The van der Waals surface area contributed by atoms with E-state index in [4.69, 9.17) is 9.31 Å². The van der Waals surface area contributed by atoms with Crippen LogP contribution in [-0.4, -0.2) is 35.8 Å². The number of nitrogens with zero attached hydrogens (tertiary/aromatic N) is 1. The fourth-order valence-electron chi connectivity index (χ4n) is 2.25. The Hall–Kier alpha value is -1.66. The van der Waals surface area contributed by atoms with E-state index in [0.717, 1.165) is 16.7 Å². The molecule has 124 valence electrons. The van der Waals surface area contributed by atoms with Crippen molar-refractivity contribution in [1.29, 1.82) is 0 Å². The molecule has 2 heterocycles. The Morgan fingerprint density at radius 1 is 1.30 bits per heavy atom. The van der Waals surface area contributed by atoms with Crippen LogP contribution in [0.2, 0.25) is 0 Å². The van der Waals surface area contributed by atoms with Crippen LogP contribution in [-0.2, 0) is 14.1 Å². The van der Waals surface area contributed by atoms with Gasteiger partial charge in [0, 0.05) is 19.7 Å². The van der Waals surface area contributed by atoms with Crippen LogP contribution in [0.3, 0.4) is 0 Å². The molecule has 0 saturated carbocycles. The molecular formula is C17H25BN2O3. The zero-order chi connectivity index (χ0) is 17.3. The molecule has 0 spiro atoms. The number of aromatic nitrogens is 1. The lowest BCUT2D eigenvalue weighted by atomic mass is 9.77. The number of nitrogens with one attached hydrogen (secondary N) is 1. The van der Waals surface area contributed by atoms with Gasteiger partial charge in [-0.25, -0.2) is 0 Å². The van der Waals surface area contributed by atoms with Gasteiger partial charge in [-0.3, -0.25) is 9.78 Å². The molecule has 1 fully saturated rings. The van der Waals surface area contributed by atoms with Crippen molar-refractivity contribution in [3.05, 3.63) is 35.1 Å². The molecule has 0 atom stereocenters. The lowest BCUT2D eigenvalue weighted by Crippen LogP contribution is -2.41. The van der Waals surface area contributed by atoms with Crippen LogP contribution in [0.15, 0.2) is 23.8 Å². The van der Waals surface area contributed by atoms with E-state index in [0.29, 0.717) is 6.54 Å². The minimum atomic E-state index is -0.505. The van der Waals surface area contributed by atoms with Gasteiger partial charge in [0.15, 0.2) is 0 Å². The zero-order valence-electron chi connectivity index (χ0n) is 14.8. The smallest absolute Gasteiger partial charge is 0.400 e. The maximum absolute atomic E-state index is 11.3. The summed E-state index contributed by atoms with van der Waals surface area (Å²) >= 11 is 0. The van der Waals surface area contributed by atoms with Crippen molar-refractivity contribution in [2.45, 2.75) is 52.7 Å². The molecule has 1 aromatic rings. The van der Waals surface area contributed by atoms with E-state index in [1.807, 2.05) is 52.8 Å². The second-order valence-corrected chi connectivity index (χ2v) is 6.98. The minimum absolute atomic E-state index is 0.0929. The third-order valence-electron chi connectivity index (χ3n) is 4.37. The molecule has 0 aliphatic carbocycles. The van der Waals surface area contributed by atoms with E-state index in [2.05, 4.69) is 10.3 Å². The Labute approximate surface area is 138 Å². The molecule has 1 amide bonds. The molecule has 1 aliphatic rings. The molecule has 2 rings (SSSR count). The van der Waals surface area contributed by atoms with Gasteiger partial charge >= 0.3 is 7.12 Å². The van der Waals surface area contributed by atoms with E-state index in [1.54, 1.807) is 6.20 Å². The number of pyridine rings is 1. The fourth-order valence-corrected chi connectivity index (χ4v) is 2.25. The number of aryl methyl sites for hydroxylation is 1. The Kier molecular flexibility index (Phi) is 4.97. The highest BCUT2D eigenvalue weighted by molar-refractivity contribution is 6.56. The van der Waals surface area contributed by atoms with Crippen molar-refractivity contribution < 1.29 is 14.1 Å². The van der Waals surface area contributed by atoms with Gasteiger partial charge in [-0.1, -0.05) is 0 Å². The third-order valence-corrected chi connectivity index (χ3v) is 4.37. The van der Waals surface area contributed by atoms with Gasteiger partial charge in [-0.15, -0.1) is 0 Å². The third kappa shape index (κ3) is 4.21. The lowest BCUT2D eigenvalue weighted by molar-refractivity contribution is -0.118. The van der Waals surface area contributed by atoms with Crippen molar-refractivity contribution >= 4 is 19.1 Å². The first-order valence-corrected chi connectivity index (χ1v) is 7.84. The Balaban J connectivity index is 2.30. The first kappa shape index (κ1) is 17.7. The summed E-state index contributed by atoms with van der Waals surface area (Å²) in [7, 11) is -0.505. The van der Waals surface area contributed by atoms with E-state index in [-0.39, 0.29) is 5.91 Å². The predicted molar refractivity (Wildman–Crippen MR) is 91.7 cm³/mol. The standard InChI is InChI=1S/C17H25BN2O3/c1-12-7-8-19-15(9-12)10-14(11-20-13(2)21)18-22-16(3,4)17(5,6)23-18/h7-10H,11H2,1-6H3,(H,20,21). The van der Waals surface area contributed by atoms with E-state index in [9.17, 15) is 4.79 Å². The molecule has 1 aliphatic heterocycles. The largest absolute Gasteiger partial charge is 0.492 e. The summed E-state index contributed by atoms with van der Waals surface area (Å²) in [6.07, 6.45) is 3.69. The van der Waals surface area contributed by atoms with Gasteiger partial charge in [-0.05, 0) is 63.9 Å². The average Bonchev–Trinajstić information content (AvgIpc) is 2.63. The van der Waals surface area contributed by atoms with Crippen LogP contribution in [0.25, 0.3) is 6.08 Å². The maximum Gasteiger partial charge on any atom is 0.492 e. The van der Waals surface area contributed by atoms with Gasteiger partial charge in [0.2, 0.25) is 5.91 Å². The second-order valence-electron chi connectivity index (χ2n) is 6.98. The van der Waals surface area contributed by atoms with Crippen LogP contribution >= 0.6 is 0 Å². The summed E-state index contributed by atoms with van der Waals surface area (Å²) in [6, 6.07) is 3.93. The van der Waals surface area contributed by atoms with Crippen molar-refractivity contribution in [2.75, 3.05) is 6.54 Å². The molecular weight excluding hydrogens is 291 g/mol. The molecule has 23 heavy (non-hydrogen) atoms. The highest BCUT2D eigenvalue weighted by Gasteiger charge is 2.52. The number of amides is 1. The van der Waals surface area contributed by atoms with Crippen molar-refractivity contribution in [3.63, 3.8) is 0 Å². The number of carbonyl (C=O) groups excluding carboxylic acids is 1. The summed E-state index contributed by atoms with van der Waals surface area (Å²) in [5, 5.41) is 2.82. The van der Waals surface area contributed by atoms with Gasteiger partial charge in [0.1, 0.15) is 0 Å². The lowest BCUT2D eigenvalue weighted by Gasteiger charge is -2.32. The summed E-state index contributed by atoms with van der Waals surface area (Å²) < 4.78 is 12.2. The quantitative estimate of drug-likeness (QED) is 0.867. The van der Waals surface area contributed by atoms with Gasteiger partial charge in [0.05, 0.1) is 16.9 Å². The van der Waals surface area contributed by atoms with Crippen molar-refractivity contribution in [2.24, 2.45) is 0 Å². The van der Waals surface area contributed by atoms with Crippen LogP contribution in [0.4, 0.5) is 0 Å². The van der Waals surface area contributed by atoms with Crippen LogP contribution < -0.4 is 5.32 Å². The Bertz CT molecular complexity index is 610. The average molecular weight is 316 g/mol. The van der Waals surface area contributed by atoms with Crippen molar-refractivity contribution in [1.82, 2.24) is 10.3 Å². The number of hydrogen-bond acceptors (Lipinski definition) is 4. The summed E-state index contributed by atoms with van der Waals surface area (Å²) in [6.45, 7) is 11.9. The molecule has 1 aromatic heterocycles. The Morgan fingerprint density at radius 3 is 2.43 bits per heavy atom. The van der Waals surface area contributed by atoms with E-state index < -0.39 is 18.3 Å².